The molecule has 0 unspecified atom stereocenters. The number of hydrogen-bond donors (Lipinski definition) is 4. The van der Waals surface area contributed by atoms with Gasteiger partial charge in [0, 0.05) is 24.2 Å². The zero-order valence-corrected chi connectivity index (χ0v) is 35.1. The van der Waals surface area contributed by atoms with E-state index in [9.17, 15) is 34.5 Å². The zero-order chi connectivity index (χ0) is 43.7. The Labute approximate surface area is 348 Å². The summed E-state index contributed by atoms with van der Waals surface area (Å²) < 4.78 is 36.3. The maximum atomic E-state index is 15.5. The predicted octanol–water partition coefficient (Wildman–Crippen LogP) is 4.26. The fraction of sp³-hybridized carbons (Fsp3) is 0.578. The number of esters is 3. The zero-order valence-electron chi connectivity index (χ0n) is 35.1. The topological polar surface area (TPSA) is 213 Å². The first-order valence-electron chi connectivity index (χ1n) is 20.4. The Morgan fingerprint density at radius 1 is 0.950 bits per heavy atom. The number of carbonyl (C=O) groups excluding carboxylic acids is 5. The molecule has 15 heteroatoms. The third-order valence-electron chi connectivity index (χ3n) is 13.2. The Morgan fingerprint density at radius 3 is 2.15 bits per heavy atom. The monoisotopic (exact) mass is 833 g/mol. The van der Waals surface area contributed by atoms with E-state index in [1.54, 1.807) is 102 Å². The van der Waals surface area contributed by atoms with E-state index in [1.165, 1.54) is 13.8 Å². The van der Waals surface area contributed by atoms with Crippen molar-refractivity contribution in [1.29, 1.82) is 0 Å². The molecule has 324 valence electrons. The first kappa shape index (κ1) is 43.4. The van der Waals surface area contributed by atoms with Crippen LogP contribution in [0.15, 0.2) is 71.8 Å². The lowest BCUT2D eigenvalue weighted by atomic mass is 9.48. The van der Waals surface area contributed by atoms with Crippen LogP contribution in [0.4, 0.5) is 4.79 Å². The molecule has 4 N–H and O–H groups in total. The van der Waals surface area contributed by atoms with Crippen LogP contribution >= 0.6 is 0 Å². The minimum Gasteiger partial charge on any atom is -0.456 e. The van der Waals surface area contributed by atoms with Crippen molar-refractivity contribution in [2.24, 2.45) is 22.7 Å². The first-order chi connectivity index (χ1) is 28.1. The number of Topliss-reactive ketones (excluding diaryl/α,β-unsaturated/α-hetero) is 1. The number of rotatable bonds is 10. The van der Waals surface area contributed by atoms with Crippen molar-refractivity contribution in [3.8, 4) is 0 Å². The molecule has 1 aliphatic heterocycles. The number of aliphatic hydroxyl groups is 3. The highest BCUT2D eigenvalue weighted by atomic mass is 16.6. The fourth-order valence-electron chi connectivity index (χ4n) is 10.5. The van der Waals surface area contributed by atoms with Crippen LogP contribution in [0, 0.1) is 22.7 Å². The van der Waals surface area contributed by atoms with Gasteiger partial charge in [0.1, 0.15) is 35.6 Å². The number of nitrogens with one attached hydrogen (secondary N) is 1. The second-order valence-electron chi connectivity index (χ2n) is 18.4. The summed E-state index contributed by atoms with van der Waals surface area (Å²) in [4.78, 5) is 70.0. The van der Waals surface area contributed by atoms with Crippen molar-refractivity contribution in [3.05, 3.63) is 82.9 Å². The third-order valence-corrected chi connectivity index (χ3v) is 13.2. The number of ketones is 1. The molecule has 15 nitrogen and oxygen atoms in total. The summed E-state index contributed by atoms with van der Waals surface area (Å²) in [6.07, 6.45) is -9.40. The van der Waals surface area contributed by atoms with Crippen LogP contribution in [0.1, 0.15) is 96.6 Å². The van der Waals surface area contributed by atoms with Crippen LogP contribution in [-0.2, 0) is 42.8 Å². The highest BCUT2D eigenvalue weighted by molar-refractivity contribution is 5.96. The molecule has 4 aliphatic carbocycles. The normalized spacial score (nSPS) is 34.0. The summed E-state index contributed by atoms with van der Waals surface area (Å²) in [5.41, 5.74) is -6.53. The summed E-state index contributed by atoms with van der Waals surface area (Å²) >= 11 is 0. The summed E-state index contributed by atoms with van der Waals surface area (Å²) in [6.45, 7) is 12.3. The second-order valence-corrected chi connectivity index (χ2v) is 18.4. The van der Waals surface area contributed by atoms with Gasteiger partial charge in [-0.3, -0.25) is 9.59 Å². The van der Waals surface area contributed by atoms with Crippen LogP contribution in [-0.4, -0.2) is 105 Å². The first-order valence-corrected chi connectivity index (χ1v) is 20.4. The highest BCUT2D eigenvalue weighted by Crippen LogP contribution is 2.74. The van der Waals surface area contributed by atoms with Gasteiger partial charge in [0.15, 0.2) is 23.8 Å². The SMILES string of the molecule is CC(=O)O[C@@]12CO[C@@H]1C[C@@H]1C[C@@]13C(=O)[C@H](O[C@@H](C)O)C1=C(C)[C@@H](OC(=O)[C@H](O)[C@@H](NC(=O)OC(C)(C)C)c4ccccc4)C[C@@](O)([C@@H](OC(=O)c4ccccc4)[C@H]23)C1(C)C. The predicted molar refractivity (Wildman–Crippen MR) is 211 cm³/mol. The average molecular weight is 834 g/mol. The number of alkyl carbamates (subject to hydrolysis) is 1. The standard InChI is InChI=1S/C45H55NO14/c1-23-29(57-39(52)33(49)32(26-15-11-9-12-16-26)46-40(53)60-41(4,5)6)21-45(54)37(58-38(51)27-17-13-10-14-18-27)35-43(36(50)34(56-24(2)47)31(23)42(45,7)8)20-28(43)19-30-44(35,22-55-30)59-25(3)48/h9-18,24,28-30,32-35,37,47,49,54H,19-22H2,1-8H3,(H,46,53)/t24-,28+,29-,30+,32-,33+,34+,35-,37-,43+,44-,45+/m0/s1. The largest absolute Gasteiger partial charge is 0.456 e. The second kappa shape index (κ2) is 15.4. The van der Waals surface area contributed by atoms with Gasteiger partial charge in [-0.05, 0) is 82.2 Å². The number of ether oxygens (including phenoxy) is 6. The lowest BCUT2D eigenvalue weighted by Gasteiger charge is -2.64. The summed E-state index contributed by atoms with van der Waals surface area (Å²) in [5, 5.41) is 38.7. The lowest BCUT2D eigenvalue weighted by Crippen LogP contribution is -2.78. The van der Waals surface area contributed by atoms with Gasteiger partial charge in [-0.1, -0.05) is 62.4 Å². The molecule has 2 bridgehead atoms. The molecule has 2 aromatic rings. The number of aliphatic hydroxyl groups excluding tert-OH is 2. The van der Waals surface area contributed by atoms with Crippen molar-refractivity contribution in [2.75, 3.05) is 6.61 Å². The molecule has 0 radical (unpaired) electrons. The summed E-state index contributed by atoms with van der Waals surface area (Å²) in [5.74, 6) is -4.68. The van der Waals surface area contributed by atoms with E-state index in [-0.39, 0.29) is 30.1 Å². The minimum atomic E-state index is -2.22. The Balaban J connectivity index is 1.37. The molecule has 2 aromatic carbocycles. The van der Waals surface area contributed by atoms with Crippen LogP contribution < -0.4 is 5.32 Å². The van der Waals surface area contributed by atoms with Gasteiger partial charge in [-0.15, -0.1) is 0 Å². The van der Waals surface area contributed by atoms with E-state index in [4.69, 9.17) is 28.4 Å². The number of amides is 1. The quantitative estimate of drug-likeness (QED) is 0.114. The van der Waals surface area contributed by atoms with Crippen molar-refractivity contribution in [3.63, 3.8) is 0 Å². The fourth-order valence-corrected chi connectivity index (χ4v) is 10.5. The maximum absolute atomic E-state index is 15.5. The molecule has 3 saturated carbocycles. The van der Waals surface area contributed by atoms with Gasteiger partial charge in [0.05, 0.1) is 24.1 Å². The van der Waals surface area contributed by atoms with E-state index < -0.39 is 113 Å². The Bertz CT molecular complexity index is 2060. The Morgan fingerprint density at radius 2 is 1.58 bits per heavy atom. The van der Waals surface area contributed by atoms with Crippen molar-refractivity contribution >= 4 is 29.8 Å². The molecule has 1 heterocycles. The van der Waals surface area contributed by atoms with E-state index in [0.29, 0.717) is 17.6 Å². The smallest absolute Gasteiger partial charge is 0.408 e. The maximum Gasteiger partial charge on any atom is 0.408 e. The molecule has 7 rings (SSSR count). The Hall–Kier alpha value is -4.67. The Kier molecular flexibility index (Phi) is 11.1. The molecule has 12 atom stereocenters. The molecular formula is C45H55NO14. The summed E-state index contributed by atoms with van der Waals surface area (Å²) in [7, 11) is 0. The van der Waals surface area contributed by atoms with Gasteiger partial charge in [-0.2, -0.15) is 0 Å². The van der Waals surface area contributed by atoms with Gasteiger partial charge in [0.2, 0.25) is 0 Å². The summed E-state index contributed by atoms with van der Waals surface area (Å²) in [6, 6.07) is 15.0. The van der Waals surface area contributed by atoms with Crippen molar-refractivity contribution in [2.45, 2.75) is 134 Å². The van der Waals surface area contributed by atoms with Gasteiger partial charge in [0.25, 0.3) is 0 Å². The lowest BCUT2D eigenvalue weighted by molar-refractivity contribution is -0.324. The minimum absolute atomic E-state index is 0.153. The van der Waals surface area contributed by atoms with Crippen LogP contribution in [0.5, 0.6) is 0 Å². The molecular weight excluding hydrogens is 778 g/mol. The van der Waals surface area contributed by atoms with E-state index in [0.717, 1.165) is 0 Å². The number of benzene rings is 2. The third kappa shape index (κ3) is 7.21. The average Bonchev–Trinajstić information content (AvgIpc) is 3.90. The van der Waals surface area contributed by atoms with E-state index in [2.05, 4.69) is 5.32 Å². The van der Waals surface area contributed by atoms with E-state index in [1.807, 2.05) is 0 Å². The van der Waals surface area contributed by atoms with Gasteiger partial charge >= 0.3 is 24.0 Å². The van der Waals surface area contributed by atoms with Gasteiger partial charge in [-0.25, -0.2) is 14.4 Å². The number of carbonyl (C=O) groups is 5. The van der Waals surface area contributed by atoms with Crippen LogP contribution in [0.2, 0.25) is 0 Å². The van der Waals surface area contributed by atoms with E-state index >= 15 is 4.79 Å². The number of fused-ring (bicyclic) bond motifs is 4. The number of hydrogen-bond acceptors (Lipinski definition) is 14. The van der Waals surface area contributed by atoms with Gasteiger partial charge < -0.3 is 49.1 Å². The molecule has 5 aliphatic rings. The molecule has 4 fully saturated rings. The molecule has 0 aromatic heterocycles. The highest BCUT2D eigenvalue weighted by Gasteiger charge is 2.84. The molecule has 1 saturated heterocycles. The van der Waals surface area contributed by atoms with Crippen LogP contribution in [0.25, 0.3) is 0 Å². The van der Waals surface area contributed by atoms with Crippen molar-refractivity contribution < 1.29 is 67.7 Å². The van der Waals surface area contributed by atoms with Crippen molar-refractivity contribution in [1.82, 2.24) is 5.32 Å². The molecule has 60 heavy (non-hydrogen) atoms. The molecule has 1 amide bonds. The van der Waals surface area contributed by atoms with Crippen LogP contribution in [0.3, 0.4) is 0 Å². The molecule has 1 spiro atoms.